The molecule has 0 saturated carbocycles. The second-order valence-electron chi connectivity index (χ2n) is 1.78. The summed E-state index contributed by atoms with van der Waals surface area (Å²) < 4.78 is 5.02. The Bertz CT molecular complexity index is 76.2. The molecule has 1 aliphatic rings. The van der Waals surface area contributed by atoms with Gasteiger partial charge in [0.2, 0.25) is 0 Å². The molecule has 0 N–H and O–H groups in total. The third-order valence-electron chi connectivity index (χ3n) is 1.27. The van der Waals surface area contributed by atoms with Gasteiger partial charge in [0.1, 0.15) is 0 Å². The molecule has 1 aliphatic carbocycles. The van der Waals surface area contributed by atoms with E-state index in [1.54, 1.807) is 7.11 Å². The smallest absolute Gasteiger partial charge is 0.0755 e. The molecular weight excluding hydrogens is 88.1 g/mol. The van der Waals surface area contributed by atoms with Crippen molar-refractivity contribution < 1.29 is 4.74 Å². The molecule has 0 aromatic carbocycles. The van der Waals surface area contributed by atoms with Crippen molar-refractivity contribution in [3.8, 4) is 0 Å². The van der Waals surface area contributed by atoms with Crippen molar-refractivity contribution in [1.82, 2.24) is 0 Å². The van der Waals surface area contributed by atoms with E-state index in [-0.39, 0.29) is 0 Å². The lowest BCUT2D eigenvalue weighted by atomic mass is 10.3. The molecule has 0 aromatic rings. The molecule has 1 atom stereocenters. The second kappa shape index (κ2) is 2.12. The molecule has 0 aromatic heterocycles. The first-order valence-corrected chi connectivity index (χ1v) is 2.63. The molecule has 0 bridgehead atoms. The first-order valence-electron chi connectivity index (χ1n) is 2.63. The fourth-order valence-electron chi connectivity index (χ4n) is 0.801. The lowest BCUT2D eigenvalue weighted by Crippen LogP contribution is -2.00. The molecule has 0 amide bonds. The Morgan fingerprint density at radius 1 is 1.71 bits per heavy atom. The first-order chi connectivity index (χ1) is 3.43. The van der Waals surface area contributed by atoms with Crippen molar-refractivity contribution in [3.05, 3.63) is 12.2 Å². The normalized spacial score (nSPS) is 29.0. The van der Waals surface area contributed by atoms with Crippen molar-refractivity contribution in [1.29, 1.82) is 0 Å². The fraction of sp³-hybridized carbons (Fsp3) is 0.667. The van der Waals surface area contributed by atoms with E-state index in [2.05, 4.69) is 12.2 Å². The summed E-state index contributed by atoms with van der Waals surface area (Å²) in [6, 6.07) is 0. The van der Waals surface area contributed by atoms with Crippen molar-refractivity contribution in [2.45, 2.75) is 18.9 Å². The second-order valence-corrected chi connectivity index (χ2v) is 1.78. The van der Waals surface area contributed by atoms with Crippen molar-refractivity contribution >= 4 is 0 Å². The minimum atomic E-state index is 0.417. The third-order valence-corrected chi connectivity index (χ3v) is 1.27. The number of rotatable bonds is 1. The Morgan fingerprint density at radius 2 is 2.57 bits per heavy atom. The van der Waals surface area contributed by atoms with Crippen LogP contribution < -0.4 is 0 Å². The van der Waals surface area contributed by atoms with Gasteiger partial charge in [-0.1, -0.05) is 12.2 Å². The van der Waals surface area contributed by atoms with Crippen LogP contribution in [0, 0.1) is 0 Å². The molecule has 0 radical (unpaired) electrons. The summed E-state index contributed by atoms with van der Waals surface area (Å²) in [4.78, 5) is 0. The van der Waals surface area contributed by atoms with Gasteiger partial charge in [-0.15, -0.1) is 0 Å². The van der Waals surface area contributed by atoms with Gasteiger partial charge in [-0.25, -0.2) is 0 Å². The van der Waals surface area contributed by atoms with E-state index in [9.17, 15) is 0 Å². The first kappa shape index (κ1) is 4.85. The molecule has 7 heavy (non-hydrogen) atoms. The summed E-state index contributed by atoms with van der Waals surface area (Å²) in [6.45, 7) is 0. The van der Waals surface area contributed by atoms with Crippen LogP contribution >= 0.6 is 0 Å². The van der Waals surface area contributed by atoms with Crippen LogP contribution in [0.25, 0.3) is 0 Å². The van der Waals surface area contributed by atoms with Crippen LogP contribution in [-0.2, 0) is 4.74 Å². The maximum atomic E-state index is 5.02. The largest absolute Gasteiger partial charge is 0.377 e. The molecule has 1 nitrogen and oxygen atoms in total. The van der Waals surface area contributed by atoms with E-state index in [1.165, 1.54) is 12.8 Å². The number of methoxy groups -OCH3 is 1. The Morgan fingerprint density at radius 3 is 2.86 bits per heavy atom. The van der Waals surface area contributed by atoms with Crippen LogP contribution in [0.3, 0.4) is 0 Å². The van der Waals surface area contributed by atoms with Crippen LogP contribution in [0.15, 0.2) is 12.2 Å². The standard InChI is InChI=1S/C6H10O/c1-7-6-4-2-3-5-6/h2,4,6H,3,5H2,1H3/t6-/m1/s1. The summed E-state index contributed by atoms with van der Waals surface area (Å²) in [5.74, 6) is 0. The molecule has 40 valence electrons. The predicted octanol–water partition coefficient (Wildman–Crippen LogP) is 1.35. The van der Waals surface area contributed by atoms with Gasteiger partial charge in [-0.3, -0.25) is 0 Å². The monoisotopic (exact) mass is 98.1 g/mol. The molecule has 0 fully saturated rings. The third kappa shape index (κ3) is 1.03. The topological polar surface area (TPSA) is 9.23 Å². The highest BCUT2D eigenvalue weighted by atomic mass is 16.5. The van der Waals surface area contributed by atoms with E-state index in [1.807, 2.05) is 0 Å². The van der Waals surface area contributed by atoms with Crippen molar-refractivity contribution in [2.75, 3.05) is 7.11 Å². The molecule has 0 saturated heterocycles. The SMILES string of the molecule is CO[C@@H]1C=CCC1. The molecule has 0 heterocycles. The van der Waals surface area contributed by atoms with Crippen LogP contribution in [0.5, 0.6) is 0 Å². The van der Waals surface area contributed by atoms with Gasteiger partial charge in [0.05, 0.1) is 6.10 Å². The van der Waals surface area contributed by atoms with Gasteiger partial charge in [0.15, 0.2) is 0 Å². The summed E-state index contributed by atoms with van der Waals surface area (Å²) in [6.07, 6.45) is 7.06. The summed E-state index contributed by atoms with van der Waals surface area (Å²) >= 11 is 0. The maximum Gasteiger partial charge on any atom is 0.0755 e. The van der Waals surface area contributed by atoms with E-state index in [4.69, 9.17) is 4.74 Å². The number of hydrogen-bond acceptors (Lipinski definition) is 1. The highest BCUT2D eigenvalue weighted by Gasteiger charge is 2.04. The lowest BCUT2D eigenvalue weighted by molar-refractivity contribution is 0.141. The van der Waals surface area contributed by atoms with Gasteiger partial charge < -0.3 is 4.74 Å². The molecule has 1 rings (SSSR count). The molecular formula is C6H10O. The Balaban J connectivity index is 2.28. The Labute approximate surface area is 44.0 Å². The van der Waals surface area contributed by atoms with E-state index in [0.717, 1.165) is 0 Å². The summed E-state index contributed by atoms with van der Waals surface area (Å²) in [5, 5.41) is 0. The van der Waals surface area contributed by atoms with Crippen LogP contribution in [-0.4, -0.2) is 13.2 Å². The zero-order valence-corrected chi connectivity index (χ0v) is 4.55. The van der Waals surface area contributed by atoms with Gasteiger partial charge in [0, 0.05) is 7.11 Å². The summed E-state index contributed by atoms with van der Waals surface area (Å²) in [7, 11) is 1.75. The van der Waals surface area contributed by atoms with Gasteiger partial charge in [-0.05, 0) is 12.8 Å². The van der Waals surface area contributed by atoms with E-state index < -0.39 is 0 Å². The zero-order chi connectivity index (χ0) is 5.11. The number of ether oxygens (including phenoxy) is 1. The fourth-order valence-corrected chi connectivity index (χ4v) is 0.801. The molecule has 1 heteroatoms. The Hall–Kier alpha value is -0.300. The predicted molar refractivity (Wildman–Crippen MR) is 29.2 cm³/mol. The van der Waals surface area contributed by atoms with Gasteiger partial charge in [0.25, 0.3) is 0 Å². The van der Waals surface area contributed by atoms with Crippen LogP contribution in [0.2, 0.25) is 0 Å². The average molecular weight is 98.1 g/mol. The summed E-state index contributed by atoms with van der Waals surface area (Å²) in [5.41, 5.74) is 0. The molecule has 0 spiro atoms. The van der Waals surface area contributed by atoms with Crippen LogP contribution in [0.1, 0.15) is 12.8 Å². The quantitative estimate of drug-likeness (QED) is 0.450. The number of hydrogen-bond donors (Lipinski definition) is 0. The van der Waals surface area contributed by atoms with E-state index in [0.29, 0.717) is 6.10 Å². The zero-order valence-electron chi connectivity index (χ0n) is 4.55. The van der Waals surface area contributed by atoms with Crippen LogP contribution in [0.4, 0.5) is 0 Å². The van der Waals surface area contributed by atoms with Gasteiger partial charge >= 0.3 is 0 Å². The number of allylic oxidation sites excluding steroid dienone is 1. The minimum absolute atomic E-state index is 0.417. The Kier molecular flexibility index (Phi) is 1.47. The van der Waals surface area contributed by atoms with Crippen molar-refractivity contribution in [3.63, 3.8) is 0 Å². The lowest BCUT2D eigenvalue weighted by Gasteiger charge is -2.00. The highest BCUT2D eigenvalue weighted by molar-refractivity contribution is 4.96. The van der Waals surface area contributed by atoms with Gasteiger partial charge in [-0.2, -0.15) is 0 Å². The molecule has 0 aliphatic heterocycles. The van der Waals surface area contributed by atoms with E-state index >= 15 is 0 Å². The highest BCUT2D eigenvalue weighted by Crippen LogP contribution is 2.10. The molecule has 0 unspecified atom stereocenters. The average Bonchev–Trinajstić information content (AvgIpc) is 2.14. The maximum absolute atomic E-state index is 5.02. The van der Waals surface area contributed by atoms with Crippen molar-refractivity contribution in [2.24, 2.45) is 0 Å². The minimum Gasteiger partial charge on any atom is -0.377 e.